The molecule has 10 heteroatoms. The molecule has 2 aliphatic rings. The van der Waals surface area contributed by atoms with Gasteiger partial charge in [0.05, 0.1) is 31.9 Å². The molecule has 0 saturated carbocycles. The molecule has 1 fully saturated rings. The number of hydrogen-bond acceptors (Lipinski definition) is 8. The second kappa shape index (κ2) is 11.5. The summed E-state index contributed by atoms with van der Waals surface area (Å²) in [5.41, 5.74) is 7.79. The number of pyridine rings is 2. The number of rotatable bonds is 3. The number of carbonyl (C=O) groups excluding carboxylic acids is 2. The molecule has 2 amide bonds. The van der Waals surface area contributed by atoms with Crippen molar-refractivity contribution in [2.45, 2.75) is 18.4 Å². The molecule has 1 aromatic carbocycles. The lowest BCUT2D eigenvalue weighted by Crippen LogP contribution is -2.48. The summed E-state index contributed by atoms with van der Waals surface area (Å²) in [5.74, 6) is 5.85. The van der Waals surface area contributed by atoms with Gasteiger partial charge in [-0.1, -0.05) is 17.9 Å². The Hall–Kier alpha value is -4.77. The molecule has 3 N–H and O–H groups in total. The van der Waals surface area contributed by atoms with Gasteiger partial charge in [-0.3, -0.25) is 14.6 Å². The van der Waals surface area contributed by atoms with Crippen LogP contribution in [0.3, 0.4) is 0 Å². The number of aliphatic hydroxyl groups is 1. The third-order valence-corrected chi connectivity index (χ3v) is 5.77. The lowest BCUT2D eigenvalue weighted by atomic mass is 10.0. The highest BCUT2D eigenvalue weighted by Crippen LogP contribution is 2.31. The Morgan fingerprint density at radius 2 is 2.05 bits per heavy atom. The molecule has 10 nitrogen and oxygen atoms in total. The quantitative estimate of drug-likeness (QED) is 0.503. The zero-order valence-corrected chi connectivity index (χ0v) is 20.7. The Bertz CT molecular complexity index is 1470. The molecule has 2 aliphatic heterocycles. The highest BCUT2D eigenvalue weighted by Gasteiger charge is 2.33. The maximum Gasteiger partial charge on any atom is 0.267 e. The highest BCUT2D eigenvalue weighted by atomic mass is 16.5. The molecule has 0 bridgehead atoms. The summed E-state index contributed by atoms with van der Waals surface area (Å²) in [6.07, 6.45) is 2.42. The van der Waals surface area contributed by atoms with Gasteiger partial charge < -0.3 is 25.2 Å². The zero-order valence-electron chi connectivity index (χ0n) is 20.7. The lowest BCUT2D eigenvalue weighted by molar-refractivity contribution is -0.140. The summed E-state index contributed by atoms with van der Waals surface area (Å²) in [4.78, 5) is 32.4. The van der Waals surface area contributed by atoms with Gasteiger partial charge in [0.2, 0.25) is 5.91 Å². The van der Waals surface area contributed by atoms with Gasteiger partial charge in [0.15, 0.2) is 5.60 Å². The van der Waals surface area contributed by atoms with Crippen molar-refractivity contribution in [3.8, 4) is 23.7 Å². The number of carbonyl (C=O) groups is 2. The molecular weight excluding hydrogens is 486 g/mol. The smallest absolute Gasteiger partial charge is 0.267 e. The van der Waals surface area contributed by atoms with Crippen LogP contribution in [0.25, 0.3) is 0 Å². The first-order valence-corrected chi connectivity index (χ1v) is 11.7. The van der Waals surface area contributed by atoms with Gasteiger partial charge in [-0.2, -0.15) is 5.26 Å². The van der Waals surface area contributed by atoms with Crippen LogP contribution in [-0.2, 0) is 16.0 Å². The number of ether oxygens (including phenoxy) is 2. The number of aromatic nitrogens is 2. The summed E-state index contributed by atoms with van der Waals surface area (Å²) < 4.78 is 10.5. The minimum atomic E-state index is -1.04. The van der Waals surface area contributed by atoms with Crippen molar-refractivity contribution in [3.05, 3.63) is 82.9 Å². The number of nitrogens with zero attached hydrogens (tertiary/aromatic N) is 4. The van der Waals surface area contributed by atoms with E-state index in [0.29, 0.717) is 36.6 Å². The number of hydrogen-bond donors (Lipinski definition) is 2. The number of nitriles is 1. The minimum Gasteiger partial charge on any atom is -0.491 e. The number of benzene rings is 1. The van der Waals surface area contributed by atoms with Crippen molar-refractivity contribution in [3.63, 3.8) is 0 Å². The molecule has 38 heavy (non-hydrogen) atoms. The number of amides is 2. The van der Waals surface area contributed by atoms with Crippen molar-refractivity contribution >= 4 is 17.5 Å². The normalized spacial score (nSPS) is 15.1. The molecule has 4 heterocycles. The van der Waals surface area contributed by atoms with Crippen LogP contribution < -0.4 is 15.4 Å². The minimum absolute atomic E-state index is 0.0138. The Labute approximate surface area is 219 Å². The SMILES string of the molecule is CN1C(=O)CCOc2ccc(C#CC3(O)COC3)cc21.N#Cc1cccc(Cc2ccnc(C(N)=O)c2)n1. The van der Waals surface area contributed by atoms with Crippen LogP contribution >= 0.6 is 0 Å². The van der Waals surface area contributed by atoms with E-state index in [-0.39, 0.29) is 24.8 Å². The van der Waals surface area contributed by atoms with Crippen LogP contribution in [0.2, 0.25) is 0 Å². The fraction of sp³-hybridized carbons (Fsp3) is 0.250. The van der Waals surface area contributed by atoms with Crippen LogP contribution in [0, 0.1) is 23.2 Å². The molecule has 0 unspecified atom stereocenters. The van der Waals surface area contributed by atoms with Gasteiger partial charge in [-0.05, 0) is 48.0 Å². The number of fused-ring (bicyclic) bond motifs is 1. The molecule has 5 rings (SSSR count). The number of nitrogens with two attached hydrogens (primary N) is 1. The van der Waals surface area contributed by atoms with Gasteiger partial charge in [-0.25, -0.2) is 4.98 Å². The van der Waals surface area contributed by atoms with Crippen molar-refractivity contribution in [1.82, 2.24) is 9.97 Å². The van der Waals surface area contributed by atoms with Gasteiger partial charge in [-0.15, -0.1) is 0 Å². The fourth-order valence-corrected chi connectivity index (χ4v) is 3.65. The Morgan fingerprint density at radius 1 is 1.24 bits per heavy atom. The number of anilines is 1. The first kappa shape index (κ1) is 26.3. The maximum absolute atomic E-state index is 11.8. The van der Waals surface area contributed by atoms with E-state index in [9.17, 15) is 14.7 Å². The molecule has 0 spiro atoms. The first-order chi connectivity index (χ1) is 18.3. The summed E-state index contributed by atoms with van der Waals surface area (Å²) in [6.45, 7) is 0.872. The van der Waals surface area contributed by atoms with Crippen LogP contribution in [0.1, 0.15) is 39.4 Å². The summed E-state index contributed by atoms with van der Waals surface area (Å²) in [6, 6.07) is 16.1. The van der Waals surface area contributed by atoms with Gasteiger partial charge >= 0.3 is 0 Å². The molecule has 2 aromatic heterocycles. The monoisotopic (exact) mass is 511 g/mol. The van der Waals surface area contributed by atoms with Crippen LogP contribution in [0.5, 0.6) is 5.75 Å². The zero-order chi connectivity index (χ0) is 27.1. The van der Waals surface area contributed by atoms with Crippen LogP contribution in [-0.4, -0.2) is 59.4 Å². The summed E-state index contributed by atoms with van der Waals surface area (Å²) in [7, 11) is 1.72. The van der Waals surface area contributed by atoms with Crippen LogP contribution in [0.15, 0.2) is 54.7 Å². The molecule has 0 atom stereocenters. The second-order valence-electron chi connectivity index (χ2n) is 8.72. The average molecular weight is 512 g/mol. The van der Waals surface area contributed by atoms with E-state index in [1.54, 1.807) is 48.3 Å². The maximum atomic E-state index is 11.8. The predicted octanol–water partition coefficient (Wildman–Crippen LogP) is 1.58. The fourth-order valence-electron chi connectivity index (χ4n) is 3.65. The van der Waals surface area contributed by atoms with E-state index in [4.69, 9.17) is 20.5 Å². The van der Waals surface area contributed by atoms with E-state index in [0.717, 1.165) is 16.8 Å². The van der Waals surface area contributed by atoms with Gasteiger partial charge in [0, 0.05) is 30.9 Å². The Morgan fingerprint density at radius 3 is 2.76 bits per heavy atom. The Balaban J connectivity index is 0.000000178. The van der Waals surface area contributed by atoms with E-state index in [1.807, 2.05) is 18.2 Å². The van der Waals surface area contributed by atoms with Gasteiger partial charge in [0.25, 0.3) is 5.91 Å². The van der Waals surface area contributed by atoms with Crippen molar-refractivity contribution < 1.29 is 24.2 Å². The van der Waals surface area contributed by atoms with E-state index in [1.165, 1.54) is 6.20 Å². The molecule has 192 valence electrons. The topological polar surface area (TPSA) is 152 Å². The number of primary amides is 1. The lowest BCUT2D eigenvalue weighted by Gasteiger charge is -2.30. The van der Waals surface area contributed by atoms with Crippen molar-refractivity contribution in [2.24, 2.45) is 5.73 Å². The third kappa shape index (κ3) is 6.51. The molecule has 1 saturated heterocycles. The predicted molar refractivity (Wildman–Crippen MR) is 137 cm³/mol. The van der Waals surface area contributed by atoms with E-state index in [2.05, 4.69) is 21.8 Å². The summed E-state index contributed by atoms with van der Waals surface area (Å²) in [5, 5.41) is 18.6. The largest absolute Gasteiger partial charge is 0.491 e. The molecule has 3 aromatic rings. The molecular formula is C28H25N5O5. The standard InChI is InChI=1S/C15H15NO4.C13H10N4O/c1-16-12-8-11(4-6-15(18)9-19-10-15)2-3-13(12)20-7-5-14(16)17;14-8-11-3-1-2-10(17-11)6-9-4-5-16-12(7-9)13(15)18/h2-3,8,18H,5,7,9-10H2,1H3;1-5,7H,6H2,(H2,15,18). The van der Waals surface area contributed by atoms with E-state index < -0.39 is 11.5 Å². The average Bonchev–Trinajstić information content (AvgIpc) is 3.04. The molecule has 0 aliphatic carbocycles. The van der Waals surface area contributed by atoms with Crippen molar-refractivity contribution in [1.29, 1.82) is 5.26 Å². The Kier molecular flexibility index (Phi) is 7.97. The molecule has 0 radical (unpaired) electrons. The summed E-state index contributed by atoms with van der Waals surface area (Å²) >= 11 is 0. The highest BCUT2D eigenvalue weighted by molar-refractivity contribution is 5.95. The van der Waals surface area contributed by atoms with Gasteiger partial charge in [0.1, 0.15) is 23.2 Å². The van der Waals surface area contributed by atoms with E-state index >= 15 is 0 Å². The second-order valence-corrected chi connectivity index (χ2v) is 8.72. The van der Waals surface area contributed by atoms with Crippen LogP contribution in [0.4, 0.5) is 5.69 Å². The third-order valence-electron chi connectivity index (χ3n) is 5.77. The van der Waals surface area contributed by atoms with Crippen molar-refractivity contribution in [2.75, 3.05) is 31.8 Å². The first-order valence-electron chi connectivity index (χ1n) is 11.7.